The number of halogens is 12. The molecule has 6 nitrogen and oxygen atoms in total. The van der Waals surface area contributed by atoms with Gasteiger partial charge in [0.05, 0.1) is 33.6 Å². The number of benzene rings is 2. The first-order valence-corrected chi connectivity index (χ1v) is 8.90. The van der Waals surface area contributed by atoms with Gasteiger partial charge in [0.2, 0.25) is 0 Å². The maximum atomic E-state index is 13.0. The summed E-state index contributed by atoms with van der Waals surface area (Å²) in [6.45, 7) is 0. The Balaban J connectivity index is 2.19. The quantitative estimate of drug-likeness (QED) is 0.239. The van der Waals surface area contributed by atoms with Gasteiger partial charge in [-0.3, -0.25) is 31.3 Å². The molecule has 0 atom stereocenters. The van der Waals surface area contributed by atoms with Crippen LogP contribution < -0.4 is 21.7 Å². The molecule has 0 heterocycles. The van der Waals surface area contributed by atoms with Crippen molar-refractivity contribution in [1.82, 2.24) is 10.9 Å². The Hall–Kier alpha value is -3.86. The second-order valence-corrected chi connectivity index (χ2v) is 6.67. The van der Waals surface area contributed by atoms with Gasteiger partial charge < -0.3 is 0 Å². The Morgan fingerprint density at radius 2 is 0.806 bits per heavy atom. The summed E-state index contributed by atoms with van der Waals surface area (Å²) >= 11 is 0. The lowest BCUT2D eigenvalue weighted by Gasteiger charge is -2.18. The third kappa shape index (κ3) is 7.08. The Morgan fingerprint density at radius 3 is 1.06 bits per heavy atom. The molecule has 0 spiro atoms. The average Bonchev–Trinajstić information content (AvgIpc) is 2.72. The lowest BCUT2D eigenvalue weighted by molar-refractivity contribution is -0.141. The van der Waals surface area contributed by atoms with Crippen LogP contribution in [0.2, 0.25) is 0 Å². The van der Waals surface area contributed by atoms with Crippen molar-refractivity contribution < 1.29 is 62.3 Å². The molecule has 2 rings (SSSR count). The van der Waals surface area contributed by atoms with E-state index in [0.29, 0.717) is 0 Å². The van der Waals surface area contributed by atoms with Crippen LogP contribution in [-0.4, -0.2) is 11.8 Å². The van der Waals surface area contributed by atoms with Crippen molar-refractivity contribution in [2.45, 2.75) is 24.7 Å². The molecule has 4 N–H and O–H groups in total. The van der Waals surface area contributed by atoms with Crippen LogP contribution in [-0.2, 0) is 34.3 Å². The summed E-state index contributed by atoms with van der Waals surface area (Å²) in [4.78, 5) is 23.5. The van der Waals surface area contributed by atoms with Gasteiger partial charge in [0.1, 0.15) is 0 Å². The van der Waals surface area contributed by atoms with Gasteiger partial charge in [-0.15, -0.1) is 0 Å². The van der Waals surface area contributed by atoms with Crippen molar-refractivity contribution in [3.63, 3.8) is 0 Å². The van der Waals surface area contributed by atoms with Gasteiger partial charge in [-0.1, -0.05) is 0 Å². The van der Waals surface area contributed by atoms with E-state index in [0.717, 1.165) is 0 Å². The number of rotatable bonds is 4. The fraction of sp³-hybridized carbons (Fsp3) is 0.222. The predicted molar refractivity (Wildman–Crippen MR) is 96.4 cm³/mol. The summed E-state index contributed by atoms with van der Waals surface area (Å²) in [5.74, 6) is -3.87. The van der Waals surface area contributed by atoms with E-state index < -0.39 is 70.1 Å². The Bertz CT molecular complexity index is 1050. The van der Waals surface area contributed by atoms with Crippen molar-refractivity contribution in [3.05, 3.63) is 58.7 Å². The zero-order valence-electron chi connectivity index (χ0n) is 16.8. The highest BCUT2D eigenvalue weighted by molar-refractivity contribution is 6.35. The van der Waals surface area contributed by atoms with Gasteiger partial charge in [0, 0.05) is 0 Å². The highest BCUT2D eigenvalue weighted by Crippen LogP contribution is 2.40. The first-order valence-electron chi connectivity index (χ1n) is 8.90. The lowest BCUT2D eigenvalue weighted by atomic mass is 10.1. The number of nitrogens with one attached hydrogen (secondary N) is 4. The van der Waals surface area contributed by atoms with E-state index in [1.54, 1.807) is 0 Å². The molecule has 36 heavy (non-hydrogen) atoms. The molecule has 0 unspecified atom stereocenters. The Labute approximate surface area is 191 Å². The molecule has 0 radical (unpaired) electrons. The van der Waals surface area contributed by atoms with E-state index >= 15 is 0 Å². The molecule has 0 aliphatic rings. The van der Waals surface area contributed by atoms with Crippen LogP contribution in [0.25, 0.3) is 0 Å². The summed E-state index contributed by atoms with van der Waals surface area (Å²) in [5.41, 5.74) is -3.73. The van der Waals surface area contributed by atoms with Crippen LogP contribution in [0.4, 0.5) is 64.1 Å². The van der Waals surface area contributed by atoms with Crippen LogP contribution in [0.3, 0.4) is 0 Å². The van der Waals surface area contributed by atoms with Crippen molar-refractivity contribution in [3.8, 4) is 0 Å². The SMILES string of the molecule is O=C(NNc1cc(C(F)(F)F)ccc1C(F)(F)F)C(=O)NNc1cc(C(F)(F)F)ccc1C(F)(F)F. The number of amides is 2. The van der Waals surface area contributed by atoms with Crippen LogP contribution in [0.1, 0.15) is 22.3 Å². The largest absolute Gasteiger partial charge is 0.418 e. The lowest BCUT2D eigenvalue weighted by Crippen LogP contribution is -2.45. The zero-order valence-corrected chi connectivity index (χ0v) is 16.8. The molecule has 0 aliphatic heterocycles. The third-order valence-corrected chi connectivity index (χ3v) is 4.13. The number of hydrogen-bond acceptors (Lipinski definition) is 4. The second kappa shape index (κ2) is 9.65. The fourth-order valence-electron chi connectivity index (χ4n) is 2.50. The zero-order chi connectivity index (χ0) is 27.7. The van der Waals surface area contributed by atoms with Gasteiger partial charge in [-0.25, -0.2) is 0 Å². The van der Waals surface area contributed by atoms with Gasteiger partial charge in [0.15, 0.2) is 0 Å². The van der Waals surface area contributed by atoms with Crippen LogP contribution in [0.5, 0.6) is 0 Å². The van der Waals surface area contributed by atoms with Crippen molar-refractivity contribution in [2.24, 2.45) is 0 Å². The molecular formula is C18H10F12N4O2. The van der Waals surface area contributed by atoms with Gasteiger partial charge in [-0.05, 0) is 36.4 Å². The van der Waals surface area contributed by atoms with Gasteiger partial charge in [0.25, 0.3) is 0 Å². The summed E-state index contributed by atoms with van der Waals surface area (Å²) in [5, 5.41) is 0. The minimum atomic E-state index is -5.21. The highest BCUT2D eigenvalue weighted by Gasteiger charge is 2.38. The molecule has 0 fully saturated rings. The molecule has 18 heteroatoms. The van der Waals surface area contributed by atoms with E-state index in [9.17, 15) is 62.3 Å². The van der Waals surface area contributed by atoms with Crippen LogP contribution >= 0.6 is 0 Å². The normalized spacial score (nSPS) is 12.7. The van der Waals surface area contributed by atoms with Crippen molar-refractivity contribution in [2.75, 3.05) is 10.9 Å². The number of hydrazine groups is 2. The first kappa shape index (κ1) is 28.4. The number of carbonyl (C=O) groups excluding carboxylic acids is 2. The predicted octanol–water partition coefficient (Wildman–Crippen LogP) is 5.35. The fourth-order valence-corrected chi connectivity index (χ4v) is 2.50. The molecule has 0 saturated heterocycles. The molecule has 0 aromatic heterocycles. The van der Waals surface area contributed by atoms with Crippen LogP contribution in [0.15, 0.2) is 36.4 Å². The first-order chi connectivity index (χ1) is 16.2. The monoisotopic (exact) mass is 542 g/mol. The number of anilines is 2. The second-order valence-electron chi connectivity index (χ2n) is 6.67. The maximum absolute atomic E-state index is 13.0. The summed E-state index contributed by atoms with van der Waals surface area (Å²) in [6, 6.07) is 0.172. The third-order valence-electron chi connectivity index (χ3n) is 4.13. The number of carbonyl (C=O) groups is 2. The molecule has 198 valence electrons. The number of alkyl halides is 12. The minimum absolute atomic E-state index is 0.0330. The molecule has 2 amide bonds. The van der Waals surface area contributed by atoms with E-state index in [2.05, 4.69) is 0 Å². The van der Waals surface area contributed by atoms with Crippen molar-refractivity contribution in [1.29, 1.82) is 0 Å². The summed E-state index contributed by atoms with van der Waals surface area (Å²) in [6.07, 6.45) is -20.6. The smallest absolute Gasteiger partial charge is 0.298 e. The standard InChI is InChI=1S/C18H10F12N4O2/c19-15(20,21)7-1-3-9(17(25,26)27)11(5-7)31-33-13(35)14(36)34-32-12-6-8(16(22,23)24)2-4-10(12)18(28,29)30/h1-6,31-32H,(H,33,35)(H,34,36). The average molecular weight is 542 g/mol. The highest BCUT2D eigenvalue weighted by atomic mass is 19.4. The minimum Gasteiger partial charge on any atom is -0.298 e. The van der Waals surface area contributed by atoms with E-state index in [1.165, 1.54) is 21.7 Å². The summed E-state index contributed by atoms with van der Waals surface area (Å²) < 4.78 is 155. The molecular weight excluding hydrogens is 532 g/mol. The molecule has 2 aromatic rings. The molecule has 2 aromatic carbocycles. The summed E-state index contributed by atoms with van der Waals surface area (Å²) in [7, 11) is 0. The molecule has 0 saturated carbocycles. The van der Waals surface area contributed by atoms with E-state index in [4.69, 9.17) is 0 Å². The topological polar surface area (TPSA) is 82.3 Å². The van der Waals surface area contributed by atoms with Gasteiger partial charge in [-0.2, -0.15) is 52.7 Å². The van der Waals surface area contributed by atoms with E-state index in [1.807, 2.05) is 0 Å². The van der Waals surface area contributed by atoms with Gasteiger partial charge >= 0.3 is 36.5 Å². The molecule has 0 bridgehead atoms. The Morgan fingerprint density at radius 1 is 0.500 bits per heavy atom. The Kier molecular flexibility index (Phi) is 7.61. The molecule has 0 aliphatic carbocycles. The van der Waals surface area contributed by atoms with Crippen LogP contribution in [0, 0.1) is 0 Å². The maximum Gasteiger partial charge on any atom is 0.418 e. The number of hydrogen-bond donors (Lipinski definition) is 4. The van der Waals surface area contributed by atoms with Crippen molar-refractivity contribution >= 4 is 23.2 Å². The van der Waals surface area contributed by atoms with E-state index in [-0.39, 0.29) is 36.4 Å².